The number of hydrogen-bond donors (Lipinski definition) is 3. The maximum absolute atomic E-state index is 13.4. The van der Waals surface area contributed by atoms with Crippen molar-refractivity contribution in [3.8, 4) is 5.75 Å². The van der Waals surface area contributed by atoms with Crippen molar-refractivity contribution < 1.29 is 18.7 Å². The van der Waals surface area contributed by atoms with Gasteiger partial charge in [0.1, 0.15) is 17.7 Å². The summed E-state index contributed by atoms with van der Waals surface area (Å²) in [5, 5.41) is 9.42. The first-order valence-corrected chi connectivity index (χ1v) is 10.5. The molecule has 4 aliphatic rings. The molecule has 3 N–H and O–H groups in total. The molecule has 3 heterocycles. The van der Waals surface area contributed by atoms with Gasteiger partial charge in [0.05, 0.1) is 18.1 Å². The molecule has 1 aromatic carbocycles. The minimum atomic E-state index is -0.307. The van der Waals surface area contributed by atoms with Crippen LogP contribution in [0.15, 0.2) is 24.3 Å². The fourth-order valence-electron chi connectivity index (χ4n) is 5.89. The number of benzene rings is 1. The van der Waals surface area contributed by atoms with E-state index in [0.29, 0.717) is 18.2 Å². The molecular formula is C21H27FN4O3. The summed E-state index contributed by atoms with van der Waals surface area (Å²) in [4.78, 5) is 26.4. The maximum atomic E-state index is 13.4. The standard InChI is InChI=1S/C21H27FN4O3/c1-26-10-15(13-8-9-23-17(13)20(26)27)14-6-7-16-18(25-21(28)24-16)19(14)29-12-4-2-11(22)3-5-12/h2-5,13-19,23H,6-10H2,1H3,(H2,24,25,28). The lowest BCUT2D eigenvalue weighted by molar-refractivity contribution is -0.140. The Labute approximate surface area is 169 Å². The second kappa shape index (κ2) is 7.16. The number of ether oxygens (including phenoxy) is 1. The number of nitrogens with zero attached hydrogens (tertiary/aromatic N) is 1. The Morgan fingerprint density at radius 1 is 1.03 bits per heavy atom. The molecule has 3 amide bonds. The van der Waals surface area contributed by atoms with E-state index in [1.54, 1.807) is 12.1 Å². The van der Waals surface area contributed by atoms with Gasteiger partial charge in [-0.3, -0.25) is 4.79 Å². The van der Waals surface area contributed by atoms with Gasteiger partial charge in [-0.1, -0.05) is 0 Å². The van der Waals surface area contributed by atoms with Crippen LogP contribution in [0.5, 0.6) is 5.75 Å². The Bertz CT molecular complexity index is 804. The van der Waals surface area contributed by atoms with Crippen molar-refractivity contribution in [2.75, 3.05) is 20.1 Å². The summed E-state index contributed by atoms with van der Waals surface area (Å²) in [7, 11) is 1.87. The van der Waals surface area contributed by atoms with Crippen LogP contribution in [0.4, 0.5) is 9.18 Å². The van der Waals surface area contributed by atoms with E-state index in [9.17, 15) is 14.0 Å². The molecule has 3 aliphatic heterocycles. The van der Waals surface area contributed by atoms with Gasteiger partial charge in [-0.05, 0) is 61.9 Å². The van der Waals surface area contributed by atoms with Crippen molar-refractivity contribution in [2.45, 2.75) is 43.5 Å². The predicted octanol–water partition coefficient (Wildman–Crippen LogP) is 1.10. The minimum absolute atomic E-state index is 0.0321. The number of halogens is 1. The van der Waals surface area contributed by atoms with Crippen molar-refractivity contribution in [2.24, 2.45) is 17.8 Å². The van der Waals surface area contributed by atoms with Gasteiger partial charge in [0.2, 0.25) is 5.91 Å². The van der Waals surface area contributed by atoms with Crippen LogP contribution in [0.3, 0.4) is 0 Å². The zero-order chi connectivity index (χ0) is 20.1. The van der Waals surface area contributed by atoms with Crippen LogP contribution in [-0.4, -0.2) is 61.2 Å². The number of carbonyl (C=O) groups excluding carboxylic acids is 2. The number of hydrogen-bond acceptors (Lipinski definition) is 4. The van der Waals surface area contributed by atoms with Crippen molar-refractivity contribution in [3.63, 3.8) is 0 Å². The summed E-state index contributed by atoms with van der Waals surface area (Å²) < 4.78 is 19.8. The lowest BCUT2D eigenvalue weighted by Gasteiger charge is -2.48. The van der Waals surface area contributed by atoms with Crippen LogP contribution < -0.4 is 20.7 Å². The third kappa shape index (κ3) is 3.23. The van der Waals surface area contributed by atoms with Crippen molar-refractivity contribution in [1.29, 1.82) is 0 Å². The van der Waals surface area contributed by atoms with Crippen molar-refractivity contribution >= 4 is 11.9 Å². The Hall–Kier alpha value is -2.35. The highest BCUT2D eigenvalue weighted by atomic mass is 19.1. The van der Waals surface area contributed by atoms with Crippen LogP contribution in [0.1, 0.15) is 19.3 Å². The largest absolute Gasteiger partial charge is 0.488 e. The van der Waals surface area contributed by atoms with Crippen LogP contribution >= 0.6 is 0 Å². The number of likely N-dealkylation sites (tertiary alicyclic amines) is 1. The van der Waals surface area contributed by atoms with Crippen molar-refractivity contribution in [1.82, 2.24) is 20.9 Å². The Kier molecular flexibility index (Phi) is 4.61. The topological polar surface area (TPSA) is 82.7 Å². The summed E-state index contributed by atoms with van der Waals surface area (Å²) in [6.07, 6.45) is 2.56. The lowest BCUT2D eigenvalue weighted by Crippen LogP contribution is -2.61. The summed E-state index contributed by atoms with van der Waals surface area (Å²) in [6.45, 7) is 1.56. The fraction of sp³-hybridized carbons (Fsp3) is 0.619. The second-order valence-corrected chi connectivity index (χ2v) is 8.79. The van der Waals surface area contributed by atoms with Gasteiger partial charge in [0.15, 0.2) is 0 Å². The molecule has 4 fully saturated rings. The third-order valence-electron chi connectivity index (χ3n) is 7.22. The van der Waals surface area contributed by atoms with E-state index in [1.165, 1.54) is 12.1 Å². The normalized spacial score (nSPS) is 38.8. The van der Waals surface area contributed by atoms with E-state index >= 15 is 0 Å². The summed E-state index contributed by atoms with van der Waals surface area (Å²) in [5.41, 5.74) is 0. The van der Waals surface area contributed by atoms with E-state index < -0.39 is 0 Å². The molecule has 7 atom stereocenters. The van der Waals surface area contributed by atoms with E-state index in [-0.39, 0.29) is 53.8 Å². The van der Waals surface area contributed by atoms with Gasteiger partial charge in [0, 0.05) is 19.5 Å². The van der Waals surface area contributed by atoms with E-state index in [1.807, 2.05) is 11.9 Å². The van der Waals surface area contributed by atoms with E-state index in [0.717, 1.165) is 25.8 Å². The van der Waals surface area contributed by atoms with Crippen molar-refractivity contribution in [3.05, 3.63) is 30.1 Å². The number of fused-ring (bicyclic) bond motifs is 2. The molecule has 0 aromatic heterocycles. The average Bonchev–Trinajstić information content (AvgIpc) is 3.33. The number of piperidine rings is 1. The molecule has 3 saturated heterocycles. The quantitative estimate of drug-likeness (QED) is 0.707. The SMILES string of the molecule is CN1CC(C2CCC3NC(=O)NC3C2Oc2ccc(F)cc2)C2CCNC2C1=O. The average molecular weight is 402 g/mol. The number of carbonyl (C=O) groups is 2. The van der Waals surface area contributed by atoms with E-state index in [2.05, 4.69) is 16.0 Å². The highest BCUT2D eigenvalue weighted by Crippen LogP contribution is 2.43. The predicted molar refractivity (Wildman–Crippen MR) is 104 cm³/mol. The molecule has 7 nitrogen and oxygen atoms in total. The summed E-state index contributed by atoms with van der Waals surface area (Å²) in [6, 6.07) is 5.66. The third-order valence-corrected chi connectivity index (χ3v) is 7.22. The maximum Gasteiger partial charge on any atom is 0.315 e. The minimum Gasteiger partial charge on any atom is -0.488 e. The smallest absolute Gasteiger partial charge is 0.315 e. The summed E-state index contributed by atoms with van der Waals surface area (Å²) in [5.74, 6) is 1.24. The van der Waals surface area contributed by atoms with Gasteiger partial charge < -0.3 is 25.6 Å². The van der Waals surface area contributed by atoms with Gasteiger partial charge in [-0.25, -0.2) is 9.18 Å². The molecule has 29 heavy (non-hydrogen) atoms. The van der Waals surface area contributed by atoms with Crippen LogP contribution in [0.25, 0.3) is 0 Å². The molecule has 0 bridgehead atoms. The van der Waals surface area contributed by atoms with Gasteiger partial charge in [-0.2, -0.15) is 0 Å². The first-order chi connectivity index (χ1) is 14.0. The lowest BCUT2D eigenvalue weighted by atomic mass is 9.66. The zero-order valence-corrected chi connectivity index (χ0v) is 16.4. The first kappa shape index (κ1) is 18.7. The Morgan fingerprint density at radius 3 is 2.62 bits per heavy atom. The molecule has 0 spiro atoms. The van der Waals surface area contributed by atoms with Gasteiger partial charge in [-0.15, -0.1) is 0 Å². The molecule has 0 radical (unpaired) electrons. The Morgan fingerprint density at radius 2 is 1.83 bits per heavy atom. The highest BCUT2D eigenvalue weighted by molar-refractivity contribution is 5.83. The molecule has 1 aliphatic carbocycles. The molecule has 8 heteroatoms. The van der Waals surface area contributed by atoms with Gasteiger partial charge >= 0.3 is 6.03 Å². The van der Waals surface area contributed by atoms with E-state index in [4.69, 9.17) is 4.74 Å². The number of amides is 3. The van der Waals surface area contributed by atoms with Crippen LogP contribution in [0, 0.1) is 23.6 Å². The molecule has 1 saturated carbocycles. The Balaban J connectivity index is 1.45. The van der Waals surface area contributed by atoms with Gasteiger partial charge in [0.25, 0.3) is 0 Å². The summed E-state index contributed by atoms with van der Waals surface area (Å²) >= 11 is 0. The molecule has 156 valence electrons. The molecule has 5 rings (SSSR count). The molecule has 7 unspecified atom stereocenters. The number of nitrogens with one attached hydrogen (secondary N) is 3. The first-order valence-electron chi connectivity index (χ1n) is 10.5. The highest BCUT2D eigenvalue weighted by Gasteiger charge is 2.53. The zero-order valence-electron chi connectivity index (χ0n) is 16.4. The molecular weight excluding hydrogens is 375 g/mol. The number of likely N-dealkylation sites (N-methyl/N-ethyl adjacent to an activating group) is 1. The second-order valence-electron chi connectivity index (χ2n) is 8.79. The number of rotatable bonds is 3. The van der Waals surface area contributed by atoms with Crippen LogP contribution in [0.2, 0.25) is 0 Å². The number of urea groups is 1. The fourth-order valence-corrected chi connectivity index (χ4v) is 5.89. The molecule has 1 aromatic rings. The monoisotopic (exact) mass is 402 g/mol. The van der Waals surface area contributed by atoms with Crippen LogP contribution in [-0.2, 0) is 4.79 Å².